The quantitative estimate of drug-likeness (QED) is 0.554. The van der Waals surface area contributed by atoms with Crippen molar-refractivity contribution in [2.45, 2.75) is 39.2 Å². The highest BCUT2D eigenvalue weighted by atomic mass is 16.5. The van der Waals surface area contributed by atoms with Gasteiger partial charge in [-0.15, -0.1) is 0 Å². The Morgan fingerprint density at radius 1 is 1.33 bits per heavy atom. The molecule has 0 radical (unpaired) electrons. The Morgan fingerprint density at radius 2 is 2.06 bits per heavy atom. The minimum Gasteiger partial charge on any atom is -0.379 e. The number of rotatable bonds is 4. The SMILES string of the molecule is Cc1c(NN)nc(C(C)C)nc1NC1CCOC1. The Bertz CT molecular complexity index is 415. The normalized spacial score (nSPS) is 19.3. The number of hydrogen-bond acceptors (Lipinski definition) is 6. The average Bonchev–Trinajstić information content (AvgIpc) is 2.84. The monoisotopic (exact) mass is 251 g/mol. The lowest BCUT2D eigenvalue weighted by molar-refractivity contribution is 0.195. The van der Waals surface area contributed by atoms with E-state index < -0.39 is 0 Å². The van der Waals surface area contributed by atoms with E-state index >= 15 is 0 Å². The number of nitrogens with zero attached hydrogens (tertiary/aromatic N) is 2. The summed E-state index contributed by atoms with van der Waals surface area (Å²) < 4.78 is 5.36. The summed E-state index contributed by atoms with van der Waals surface area (Å²) in [5.74, 6) is 8.07. The highest BCUT2D eigenvalue weighted by Crippen LogP contribution is 2.24. The first-order valence-corrected chi connectivity index (χ1v) is 6.31. The maximum Gasteiger partial charge on any atom is 0.148 e. The highest BCUT2D eigenvalue weighted by molar-refractivity contribution is 5.57. The van der Waals surface area contributed by atoms with Crippen LogP contribution in [-0.2, 0) is 4.74 Å². The second-order valence-corrected chi connectivity index (χ2v) is 4.91. The molecule has 6 nitrogen and oxygen atoms in total. The van der Waals surface area contributed by atoms with Crippen LogP contribution in [0.3, 0.4) is 0 Å². The standard InChI is InChI=1S/C12H21N5O/c1-7(2)10-15-11(8(3)12(16-10)17-13)14-9-4-5-18-6-9/h7,9H,4-6,13H2,1-3H3,(H2,14,15,16,17). The van der Waals surface area contributed by atoms with Gasteiger partial charge in [-0.1, -0.05) is 13.8 Å². The number of aromatic nitrogens is 2. The van der Waals surface area contributed by atoms with Gasteiger partial charge in [-0.25, -0.2) is 15.8 Å². The maximum atomic E-state index is 5.50. The first-order chi connectivity index (χ1) is 8.61. The van der Waals surface area contributed by atoms with Crippen molar-refractivity contribution in [2.24, 2.45) is 5.84 Å². The molecule has 0 saturated carbocycles. The maximum absolute atomic E-state index is 5.50. The molecule has 0 spiro atoms. The number of nitrogens with two attached hydrogens (primary N) is 1. The Hall–Kier alpha value is -1.40. The smallest absolute Gasteiger partial charge is 0.148 e. The molecule has 2 heterocycles. The Balaban J connectivity index is 2.28. The first-order valence-electron chi connectivity index (χ1n) is 6.31. The van der Waals surface area contributed by atoms with E-state index in [-0.39, 0.29) is 5.92 Å². The van der Waals surface area contributed by atoms with E-state index in [0.717, 1.165) is 36.8 Å². The van der Waals surface area contributed by atoms with E-state index in [2.05, 4.69) is 34.6 Å². The van der Waals surface area contributed by atoms with E-state index in [1.165, 1.54) is 0 Å². The van der Waals surface area contributed by atoms with Crippen molar-refractivity contribution in [1.82, 2.24) is 9.97 Å². The summed E-state index contributed by atoms with van der Waals surface area (Å²) in [6.45, 7) is 7.62. The predicted molar refractivity (Wildman–Crippen MR) is 71.5 cm³/mol. The van der Waals surface area contributed by atoms with Gasteiger partial charge in [0, 0.05) is 18.1 Å². The van der Waals surface area contributed by atoms with Gasteiger partial charge in [0.2, 0.25) is 0 Å². The summed E-state index contributed by atoms with van der Waals surface area (Å²) in [6.07, 6.45) is 1.01. The van der Waals surface area contributed by atoms with Gasteiger partial charge in [0.1, 0.15) is 17.5 Å². The molecule has 1 aromatic rings. The van der Waals surface area contributed by atoms with E-state index in [9.17, 15) is 0 Å². The predicted octanol–water partition coefficient (Wildman–Crippen LogP) is 1.39. The van der Waals surface area contributed by atoms with Crippen molar-refractivity contribution in [2.75, 3.05) is 24.0 Å². The molecular formula is C12H21N5O. The second-order valence-electron chi connectivity index (χ2n) is 4.91. The molecule has 1 aromatic heterocycles. The summed E-state index contributed by atoms with van der Waals surface area (Å²) in [5.41, 5.74) is 3.57. The fourth-order valence-corrected chi connectivity index (χ4v) is 1.91. The molecule has 2 rings (SSSR count). The van der Waals surface area contributed by atoms with E-state index in [1.807, 2.05) is 6.92 Å². The number of nitrogen functional groups attached to an aromatic ring is 1. The van der Waals surface area contributed by atoms with Crippen molar-refractivity contribution in [1.29, 1.82) is 0 Å². The van der Waals surface area contributed by atoms with Crippen molar-refractivity contribution in [3.63, 3.8) is 0 Å². The fraction of sp³-hybridized carbons (Fsp3) is 0.667. The molecule has 1 aliphatic heterocycles. The van der Waals surface area contributed by atoms with Gasteiger partial charge >= 0.3 is 0 Å². The topological polar surface area (TPSA) is 85.1 Å². The Kier molecular flexibility index (Phi) is 3.98. The molecule has 6 heteroatoms. The van der Waals surface area contributed by atoms with Gasteiger partial charge in [-0.3, -0.25) is 0 Å². The zero-order chi connectivity index (χ0) is 13.1. The summed E-state index contributed by atoms with van der Waals surface area (Å²) >= 11 is 0. The van der Waals surface area contributed by atoms with Gasteiger partial charge in [0.25, 0.3) is 0 Å². The van der Waals surface area contributed by atoms with E-state index in [4.69, 9.17) is 10.6 Å². The average molecular weight is 251 g/mol. The molecule has 1 unspecified atom stereocenters. The van der Waals surface area contributed by atoms with Crippen molar-refractivity contribution >= 4 is 11.6 Å². The van der Waals surface area contributed by atoms with Crippen molar-refractivity contribution in [3.05, 3.63) is 11.4 Å². The van der Waals surface area contributed by atoms with Crippen LogP contribution in [0, 0.1) is 6.92 Å². The third-order valence-corrected chi connectivity index (χ3v) is 3.09. The fourth-order valence-electron chi connectivity index (χ4n) is 1.91. The molecule has 1 saturated heterocycles. The lowest BCUT2D eigenvalue weighted by Crippen LogP contribution is -2.22. The molecular weight excluding hydrogens is 230 g/mol. The van der Waals surface area contributed by atoms with E-state index in [0.29, 0.717) is 11.9 Å². The largest absolute Gasteiger partial charge is 0.379 e. The number of hydrogen-bond donors (Lipinski definition) is 3. The minimum absolute atomic E-state index is 0.262. The molecule has 100 valence electrons. The van der Waals surface area contributed by atoms with Crippen LogP contribution in [-0.4, -0.2) is 29.2 Å². The van der Waals surface area contributed by atoms with Crippen molar-refractivity contribution < 1.29 is 4.74 Å². The molecule has 0 aliphatic carbocycles. The summed E-state index contributed by atoms with van der Waals surface area (Å²) in [7, 11) is 0. The zero-order valence-electron chi connectivity index (χ0n) is 11.2. The van der Waals surface area contributed by atoms with Crippen LogP contribution in [0.4, 0.5) is 11.6 Å². The summed E-state index contributed by atoms with van der Waals surface area (Å²) in [4.78, 5) is 8.98. The van der Waals surface area contributed by atoms with Gasteiger partial charge in [0.05, 0.1) is 12.6 Å². The van der Waals surface area contributed by atoms with Gasteiger partial charge < -0.3 is 15.5 Å². The third-order valence-electron chi connectivity index (χ3n) is 3.09. The van der Waals surface area contributed by atoms with Gasteiger partial charge in [-0.05, 0) is 13.3 Å². The lowest BCUT2D eigenvalue weighted by atomic mass is 10.2. The third kappa shape index (κ3) is 2.70. The number of anilines is 2. The number of ether oxygens (including phenoxy) is 1. The Morgan fingerprint density at radius 3 is 2.61 bits per heavy atom. The molecule has 0 amide bonds. The molecule has 0 bridgehead atoms. The van der Waals surface area contributed by atoms with Crippen LogP contribution in [0.2, 0.25) is 0 Å². The van der Waals surface area contributed by atoms with Crippen LogP contribution in [0.1, 0.15) is 37.6 Å². The molecule has 1 aliphatic rings. The molecule has 1 fully saturated rings. The van der Waals surface area contributed by atoms with Gasteiger partial charge in [0.15, 0.2) is 0 Å². The molecule has 18 heavy (non-hydrogen) atoms. The second kappa shape index (κ2) is 5.49. The molecule has 4 N–H and O–H groups in total. The number of hydrazine groups is 1. The molecule has 0 aromatic carbocycles. The van der Waals surface area contributed by atoms with Crippen LogP contribution in [0.5, 0.6) is 0 Å². The van der Waals surface area contributed by atoms with Crippen LogP contribution < -0.4 is 16.6 Å². The lowest BCUT2D eigenvalue weighted by Gasteiger charge is -2.17. The van der Waals surface area contributed by atoms with Gasteiger partial charge in [-0.2, -0.15) is 0 Å². The van der Waals surface area contributed by atoms with Crippen LogP contribution in [0.25, 0.3) is 0 Å². The highest BCUT2D eigenvalue weighted by Gasteiger charge is 2.19. The minimum atomic E-state index is 0.262. The number of nitrogens with one attached hydrogen (secondary N) is 2. The zero-order valence-corrected chi connectivity index (χ0v) is 11.2. The van der Waals surface area contributed by atoms with Crippen LogP contribution >= 0.6 is 0 Å². The summed E-state index contributed by atoms with van der Waals surface area (Å²) in [5, 5.41) is 3.41. The first kappa shape index (κ1) is 13.0. The van der Waals surface area contributed by atoms with Crippen LogP contribution in [0.15, 0.2) is 0 Å². The van der Waals surface area contributed by atoms with E-state index in [1.54, 1.807) is 0 Å². The summed E-state index contributed by atoms with van der Waals surface area (Å²) in [6, 6.07) is 0.323. The van der Waals surface area contributed by atoms with Crippen molar-refractivity contribution in [3.8, 4) is 0 Å². The Labute approximate surface area is 107 Å². The molecule has 1 atom stereocenters.